The highest BCUT2D eigenvalue weighted by Crippen LogP contribution is 2.64. The fourth-order valence-electron chi connectivity index (χ4n) is 6.07. The van der Waals surface area contributed by atoms with E-state index in [1.165, 1.54) is 9.36 Å². The van der Waals surface area contributed by atoms with Crippen molar-refractivity contribution in [2.75, 3.05) is 5.45 Å². The molecule has 0 bridgehead atoms. The summed E-state index contributed by atoms with van der Waals surface area (Å²) in [5.41, 5.74) is 0.492. The quantitative estimate of drug-likeness (QED) is 0.210. The van der Waals surface area contributed by atoms with Crippen LogP contribution in [0.15, 0.2) is 69.8 Å². The Labute approximate surface area is 234 Å². The summed E-state index contributed by atoms with van der Waals surface area (Å²) in [4.78, 5) is 51.5. The Hall–Kier alpha value is -3.08. The third-order valence-electron chi connectivity index (χ3n) is 7.88. The summed E-state index contributed by atoms with van der Waals surface area (Å²) in [6.45, 7) is 1.73. The number of imide groups is 1. The van der Waals surface area contributed by atoms with E-state index in [4.69, 9.17) is 23.2 Å². The fourth-order valence-corrected chi connectivity index (χ4v) is 7.47. The molecule has 196 valence electrons. The number of allylic oxidation sites excluding steroid dienone is 2. The van der Waals surface area contributed by atoms with Gasteiger partial charge in [0.15, 0.2) is 9.75 Å². The number of hydrogen-bond donors (Lipinski definition) is 1. The van der Waals surface area contributed by atoms with Crippen molar-refractivity contribution in [3.05, 3.63) is 92.3 Å². The molecule has 4 unspecified atom stereocenters. The average Bonchev–Trinajstić information content (AvgIpc) is 3.24. The molecule has 9 nitrogen and oxygen atoms in total. The second kappa shape index (κ2) is 8.46. The number of amides is 2. The van der Waals surface area contributed by atoms with Crippen LogP contribution in [0.5, 0.6) is 5.75 Å². The molecule has 2 aliphatic heterocycles. The first kappa shape index (κ1) is 25.2. The number of hydrogen-bond acceptors (Lipinski definition) is 5. The summed E-state index contributed by atoms with van der Waals surface area (Å²) in [5, 5.41) is 11.1. The van der Waals surface area contributed by atoms with Crippen molar-refractivity contribution < 1.29 is 14.7 Å². The van der Waals surface area contributed by atoms with Gasteiger partial charge in [0.1, 0.15) is 5.75 Å². The van der Waals surface area contributed by atoms with E-state index in [1.54, 1.807) is 61.5 Å². The van der Waals surface area contributed by atoms with Gasteiger partial charge in [0.05, 0.1) is 23.7 Å². The second-order valence-electron chi connectivity index (χ2n) is 9.70. The highest BCUT2D eigenvalue weighted by molar-refractivity contribution is 9.09. The van der Waals surface area contributed by atoms with E-state index < -0.39 is 44.9 Å². The smallest absolute Gasteiger partial charge is 0.352 e. The molecule has 1 N–H and O–H groups in total. The number of aryl methyl sites for hydroxylation is 1. The molecule has 1 aromatic heterocycles. The van der Waals surface area contributed by atoms with Crippen molar-refractivity contribution in [2.45, 2.75) is 41.6 Å². The van der Waals surface area contributed by atoms with Gasteiger partial charge >= 0.3 is 11.4 Å². The third-order valence-corrected chi connectivity index (χ3v) is 9.79. The predicted octanol–water partition coefficient (Wildman–Crippen LogP) is 3.16. The van der Waals surface area contributed by atoms with E-state index in [9.17, 15) is 24.3 Å². The molecule has 12 heteroatoms. The van der Waals surface area contributed by atoms with E-state index in [0.29, 0.717) is 22.4 Å². The molecular formula is C26H21BrCl2N4O5. The van der Waals surface area contributed by atoms with Gasteiger partial charge in [-0.3, -0.25) is 14.5 Å². The molecule has 0 radical (unpaired) electrons. The lowest BCUT2D eigenvalue weighted by Crippen LogP contribution is -2.59. The van der Waals surface area contributed by atoms with Gasteiger partial charge < -0.3 is 5.11 Å². The minimum atomic E-state index is -1.99. The van der Waals surface area contributed by atoms with Gasteiger partial charge in [-0.2, -0.15) is 0 Å². The Bertz CT molecular complexity index is 1680. The molecule has 1 aliphatic carbocycles. The molecule has 2 aromatic carbocycles. The van der Waals surface area contributed by atoms with Crippen molar-refractivity contribution in [1.82, 2.24) is 18.8 Å². The van der Waals surface area contributed by atoms with Crippen LogP contribution < -0.4 is 11.4 Å². The van der Waals surface area contributed by atoms with E-state index >= 15 is 0 Å². The highest BCUT2D eigenvalue weighted by atomic mass is 79.9. The lowest BCUT2D eigenvalue weighted by Gasteiger charge is -2.49. The van der Waals surface area contributed by atoms with Crippen LogP contribution in [0.4, 0.5) is 0 Å². The fraction of sp³-hybridized carbons (Fsp3) is 0.308. The average molecular weight is 620 g/mol. The van der Waals surface area contributed by atoms with E-state index in [-0.39, 0.29) is 24.2 Å². The Morgan fingerprint density at radius 1 is 1.00 bits per heavy atom. The summed E-state index contributed by atoms with van der Waals surface area (Å²) in [5.74, 6) is -2.55. The van der Waals surface area contributed by atoms with Crippen molar-refractivity contribution >= 4 is 50.9 Å². The molecule has 1 saturated heterocycles. The van der Waals surface area contributed by atoms with E-state index in [2.05, 4.69) is 15.9 Å². The first-order valence-electron chi connectivity index (χ1n) is 11.9. The van der Waals surface area contributed by atoms with Crippen LogP contribution in [-0.2, 0) is 16.1 Å². The monoisotopic (exact) mass is 618 g/mol. The van der Waals surface area contributed by atoms with E-state index in [0.717, 1.165) is 9.47 Å². The SMILES string of the molecule is Cc1cccc(C2C3=CCn4c(=O)n(-c5ccccc5)c(=O)n4C3CC3(Cl)C(=O)N(CBr)C(=O)C23Cl)c1O. The summed E-state index contributed by atoms with van der Waals surface area (Å²) in [7, 11) is 0. The van der Waals surface area contributed by atoms with Crippen LogP contribution >= 0.6 is 39.1 Å². The second-order valence-corrected chi connectivity index (χ2v) is 11.4. The number of phenols is 1. The molecule has 2 amide bonds. The number of benzene rings is 2. The Morgan fingerprint density at radius 2 is 1.71 bits per heavy atom. The topological polar surface area (TPSA) is 107 Å². The zero-order valence-electron chi connectivity index (χ0n) is 20.0. The Balaban J connectivity index is 1.64. The molecule has 0 spiro atoms. The number of aromatic hydroxyl groups is 1. The van der Waals surface area contributed by atoms with Crippen LogP contribution in [0.3, 0.4) is 0 Å². The highest BCUT2D eigenvalue weighted by Gasteiger charge is 2.75. The molecule has 1 saturated carbocycles. The molecule has 4 atom stereocenters. The van der Waals surface area contributed by atoms with Gasteiger partial charge in [0.2, 0.25) is 0 Å². The number of carbonyl (C=O) groups is 2. The Morgan fingerprint density at radius 3 is 2.39 bits per heavy atom. The molecule has 2 fully saturated rings. The van der Waals surface area contributed by atoms with Crippen molar-refractivity contribution in [1.29, 1.82) is 0 Å². The number of phenolic OH excluding ortho intramolecular Hbond substituents is 1. The molecule has 3 aliphatic rings. The van der Waals surface area contributed by atoms with Crippen LogP contribution in [0.25, 0.3) is 5.69 Å². The van der Waals surface area contributed by atoms with Gasteiger partial charge in [-0.05, 0) is 30.2 Å². The maximum Gasteiger partial charge on any atom is 0.352 e. The lowest BCUT2D eigenvalue weighted by molar-refractivity contribution is -0.138. The first-order valence-corrected chi connectivity index (χ1v) is 13.7. The zero-order chi connectivity index (χ0) is 27.1. The minimum Gasteiger partial charge on any atom is -0.507 e. The number of nitrogens with zero attached hydrogens (tertiary/aromatic N) is 4. The number of halogens is 3. The summed E-state index contributed by atoms with van der Waals surface area (Å²) < 4.78 is 3.65. The number of aromatic nitrogens is 3. The standard InChI is InChI=1S/C26H21BrCl2N4O5/c1-14-6-5-9-17(20(14)34)19-16-10-11-31-23(37)32(15-7-3-2-4-8-15)24(38)33(31)18(16)12-25(28)21(35)30(13-27)22(36)26(19,25)29/h2-10,18-19,34H,11-13H2,1H3. The van der Waals surface area contributed by atoms with Crippen LogP contribution in [0.1, 0.15) is 29.5 Å². The molecule has 6 rings (SSSR count). The molecule has 3 heterocycles. The zero-order valence-corrected chi connectivity index (χ0v) is 23.1. The summed E-state index contributed by atoms with van der Waals surface area (Å²) >= 11 is 17.5. The predicted molar refractivity (Wildman–Crippen MR) is 144 cm³/mol. The van der Waals surface area contributed by atoms with Gasteiger partial charge in [0, 0.05) is 17.9 Å². The Kier molecular flexibility index (Phi) is 5.61. The van der Waals surface area contributed by atoms with Gasteiger partial charge in [0.25, 0.3) is 11.8 Å². The summed E-state index contributed by atoms with van der Waals surface area (Å²) in [6, 6.07) is 12.7. The third kappa shape index (κ3) is 2.99. The maximum absolute atomic E-state index is 13.8. The maximum atomic E-state index is 13.8. The molecular weight excluding hydrogens is 599 g/mol. The largest absolute Gasteiger partial charge is 0.507 e. The minimum absolute atomic E-state index is 0.0232. The normalized spacial score (nSPS) is 28.1. The van der Waals surface area contributed by atoms with Crippen molar-refractivity contribution in [2.24, 2.45) is 0 Å². The number of fused-ring (bicyclic) bond motifs is 4. The van der Waals surface area contributed by atoms with Crippen LogP contribution in [0, 0.1) is 6.92 Å². The number of alkyl halides is 3. The van der Waals surface area contributed by atoms with Gasteiger partial charge in [-0.25, -0.2) is 23.5 Å². The molecule has 38 heavy (non-hydrogen) atoms. The summed E-state index contributed by atoms with van der Waals surface area (Å²) in [6.07, 6.45) is 1.53. The van der Waals surface area contributed by atoms with Crippen LogP contribution in [-0.4, -0.2) is 51.0 Å². The number of likely N-dealkylation sites (tertiary alicyclic amines) is 1. The van der Waals surface area contributed by atoms with Crippen molar-refractivity contribution in [3.8, 4) is 11.4 Å². The van der Waals surface area contributed by atoms with Crippen molar-refractivity contribution in [3.63, 3.8) is 0 Å². The molecule has 3 aromatic rings. The number of carbonyl (C=O) groups excluding carboxylic acids is 2. The lowest BCUT2D eigenvalue weighted by atomic mass is 9.64. The first-order chi connectivity index (χ1) is 18.1. The van der Waals surface area contributed by atoms with E-state index in [1.807, 2.05) is 0 Å². The van der Waals surface area contributed by atoms with Gasteiger partial charge in [-0.1, -0.05) is 58.4 Å². The number of para-hydroxylation sites is 2. The van der Waals surface area contributed by atoms with Gasteiger partial charge in [-0.15, -0.1) is 23.2 Å². The van der Waals surface area contributed by atoms with Crippen LogP contribution in [0.2, 0.25) is 0 Å². The number of rotatable bonds is 3.